The topological polar surface area (TPSA) is 248 Å². The van der Waals surface area contributed by atoms with Gasteiger partial charge in [-0.25, -0.2) is 9.79 Å². The summed E-state index contributed by atoms with van der Waals surface area (Å²) in [6.07, 6.45) is 5.00. The Kier molecular flexibility index (Phi) is 13.1. The van der Waals surface area contributed by atoms with Crippen LogP contribution in [0.5, 0.6) is 11.5 Å². The molecule has 0 aliphatic carbocycles. The molecule has 0 saturated heterocycles. The smallest absolute Gasteiger partial charge is 0.337 e. The molecule has 2 atom stereocenters. The second-order valence-corrected chi connectivity index (χ2v) is 22.8. The Labute approximate surface area is 394 Å². The Morgan fingerprint density at radius 1 is 0.892 bits per heavy atom. The van der Waals surface area contributed by atoms with Crippen molar-refractivity contribution in [1.29, 1.82) is 0 Å². The number of anilines is 1. The number of amides is 3. The van der Waals surface area contributed by atoms with Gasteiger partial charge in [0.2, 0.25) is 16.2 Å². The highest BCUT2D eigenvalue weighted by Crippen LogP contribution is 2.54. The number of benzene rings is 3. The van der Waals surface area contributed by atoms with E-state index in [4.69, 9.17) is 39.5 Å². The zero-order chi connectivity index (χ0) is 47.9. The van der Waals surface area contributed by atoms with Gasteiger partial charge in [0, 0.05) is 69.6 Å². The van der Waals surface area contributed by atoms with Crippen LogP contribution in [-0.2, 0) is 34.6 Å². The molecule has 348 valence electrons. The number of nitrogens with zero attached hydrogens (tertiary/aromatic N) is 1. The summed E-state index contributed by atoms with van der Waals surface area (Å²) in [6.45, 7) is 11.4. The number of ether oxygens (including phenoxy) is 1. The number of hydrogen-bond donors (Lipinski definition) is 6. The van der Waals surface area contributed by atoms with Crippen molar-refractivity contribution in [3.8, 4) is 11.5 Å². The first-order valence-electron chi connectivity index (χ1n) is 20.5. The zero-order valence-electron chi connectivity index (χ0n) is 35.9. The summed E-state index contributed by atoms with van der Waals surface area (Å²) in [5, 5.41) is 15.5. The number of hydrogen-bond acceptors (Lipinski definition) is 11. The Hall–Kier alpha value is -4.21. The molecule has 0 aromatic heterocycles. The number of carboxylic acids is 1. The molecule has 3 amide bonds. The van der Waals surface area contributed by atoms with Gasteiger partial charge in [0.25, 0.3) is 21.9 Å². The maximum atomic E-state index is 13.7. The van der Waals surface area contributed by atoms with Crippen LogP contribution in [0.15, 0.2) is 39.0 Å². The molecular weight excluding hydrogens is 967 g/mol. The molecule has 4 heterocycles. The summed E-state index contributed by atoms with van der Waals surface area (Å²) in [4.78, 5) is 52.9. The van der Waals surface area contributed by atoms with Crippen LogP contribution in [0.3, 0.4) is 0 Å². The summed E-state index contributed by atoms with van der Waals surface area (Å²) >= 11 is 21.7. The second-order valence-electron chi connectivity index (χ2n) is 17.9. The molecule has 7 rings (SSSR count). The Balaban J connectivity index is 1.44. The first-order chi connectivity index (χ1) is 30.1. The summed E-state index contributed by atoms with van der Waals surface area (Å²) in [6, 6.07) is 3.12. The minimum absolute atomic E-state index is 0.0351. The van der Waals surface area contributed by atoms with Crippen LogP contribution < -0.4 is 30.9 Å². The van der Waals surface area contributed by atoms with E-state index in [1.807, 2.05) is 41.5 Å². The zero-order valence-corrected chi connectivity index (χ0v) is 40.7. The number of fused-ring (bicyclic) bond motifs is 4. The van der Waals surface area contributed by atoms with Crippen molar-refractivity contribution in [3.63, 3.8) is 0 Å². The predicted octanol–water partition coefficient (Wildman–Crippen LogP) is 5.18. The highest BCUT2D eigenvalue weighted by Gasteiger charge is 2.44. The SMILES string of the molecule is CC1CC(C)(C)Nc2c1cc1c(c2S(=O)(=O)O)Oc2c(S(=O)(=O)O)c3c(cc2=C1c1c(Cl)c(SCC(=O)NCCCCCN2C(=O)C=CC2=O)c(Cl)c(Cl)c1C(=O)O)C(C)CC(C)(C)[NH+]=3. The quantitative estimate of drug-likeness (QED) is 0.0332. The number of carbonyl (C=O) groups excluding carboxylic acids is 3. The lowest BCUT2D eigenvalue weighted by molar-refractivity contribution is -0.590. The Bertz CT molecular complexity index is 3010. The second kappa shape index (κ2) is 17.5. The number of rotatable bonds is 13. The van der Waals surface area contributed by atoms with Crippen molar-refractivity contribution in [2.75, 3.05) is 24.2 Å². The summed E-state index contributed by atoms with van der Waals surface area (Å²) in [5.41, 5.74) is -1.99. The van der Waals surface area contributed by atoms with Gasteiger partial charge in [-0.1, -0.05) is 48.7 Å². The monoisotopic (exact) mass is 1010 g/mol. The largest absolute Gasteiger partial charge is 0.478 e. The van der Waals surface area contributed by atoms with Crippen LogP contribution in [0.25, 0.3) is 5.57 Å². The summed E-state index contributed by atoms with van der Waals surface area (Å²) < 4.78 is 83.1. The third-order valence-electron chi connectivity index (χ3n) is 11.8. The highest BCUT2D eigenvalue weighted by molar-refractivity contribution is 8.00. The third-order valence-corrected chi connectivity index (χ3v) is 16.2. The van der Waals surface area contributed by atoms with Gasteiger partial charge < -0.3 is 20.5 Å². The summed E-state index contributed by atoms with van der Waals surface area (Å²) in [5.74, 6) is -5.09. The fourth-order valence-electron chi connectivity index (χ4n) is 9.31. The van der Waals surface area contributed by atoms with Gasteiger partial charge in [0.15, 0.2) is 21.9 Å². The third kappa shape index (κ3) is 9.27. The maximum Gasteiger partial charge on any atom is 0.337 e. The van der Waals surface area contributed by atoms with E-state index in [1.165, 1.54) is 12.2 Å². The Morgan fingerprint density at radius 2 is 1.52 bits per heavy atom. The first kappa shape index (κ1) is 48.7. The fourth-order valence-corrected chi connectivity index (χ4v) is 12.9. The molecule has 0 fully saturated rings. The predicted molar refractivity (Wildman–Crippen MR) is 243 cm³/mol. The van der Waals surface area contributed by atoms with Crippen molar-refractivity contribution in [3.05, 3.63) is 77.7 Å². The number of imide groups is 1. The van der Waals surface area contributed by atoms with Gasteiger partial charge in [-0.2, -0.15) is 16.8 Å². The molecule has 65 heavy (non-hydrogen) atoms. The lowest BCUT2D eigenvalue weighted by atomic mass is 9.79. The van der Waals surface area contributed by atoms with Crippen LogP contribution in [0.1, 0.15) is 118 Å². The molecular formula is C43H46Cl3N4O12S3+. The molecule has 0 saturated carbocycles. The number of nitrogens with one attached hydrogen (secondary N) is 3. The highest BCUT2D eigenvalue weighted by atomic mass is 35.5. The van der Waals surface area contributed by atoms with Crippen molar-refractivity contribution < 1.29 is 60.0 Å². The number of unbranched alkanes of at least 4 members (excludes halogenated alkanes) is 2. The van der Waals surface area contributed by atoms with E-state index in [-0.39, 0.29) is 90.4 Å². The molecule has 4 aliphatic rings. The number of thioether (sulfide) groups is 1. The molecule has 4 aliphatic heterocycles. The number of aromatic carboxylic acids is 1. The lowest BCUT2D eigenvalue weighted by Crippen LogP contribution is -2.91. The average molecular weight is 1010 g/mol. The number of carboxylic acid groups (broad SMARTS) is 1. The van der Waals surface area contributed by atoms with Gasteiger partial charge in [-0.05, 0) is 82.9 Å². The van der Waals surface area contributed by atoms with E-state index in [0.717, 1.165) is 16.7 Å². The van der Waals surface area contributed by atoms with E-state index >= 15 is 0 Å². The molecule has 0 bridgehead atoms. The normalized spacial score (nSPS) is 19.4. The number of carbonyl (C=O) groups is 4. The molecule has 2 unspecified atom stereocenters. The van der Waals surface area contributed by atoms with Crippen molar-refractivity contribution in [1.82, 2.24) is 10.2 Å². The van der Waals surface area contributed by atoms with E-state index in [2.05, 4.69) is 15.6 Å². The number of halogens is 3. The van der Waals surface area contributed by atoms with E-state index < -0.39 is 75.1 Å². The van der Waals surface area contributed by atoms with Crippen LogP contribution in [0.2, 0.25) is 15.1 Å². The maximum absolute atomic E-state index is 13.7. The molecule has 22 heteroatoms. The van der Waals surface area contributed by atoms with Gasteiger partial charge in [-0.3, -0.25) is 28.4 Å². The average Bonchev–Trinajstić information content (AvgIpc) is 3.49. The minimum atomic E-state index is -5.26. The van der Waals surface area contributed by atoms with Crippen LogP contribution in [0.4, 0.5) is 5.69 Å². The van der Waals surface area contributed by atoms with Crippen molar-refractivity contribution in [2.45, 2.75) is 111 Å². The molecule has 6 N–H and O–H groups in total. The van der Waals surface area contributed by atoms with Crippen LogP contribution >= 0.6 is 46.6 Å². The fraction of sp³-hybridized carbons (Fsp3) is 0.419. The lowest BCUT2D eigenvalue weighted by Gasteiger charge is -2.39. The van der Waals surface area contributed by atoms with Crippen LogP contribution in [0, 0.1) is 0 Å². The summed E-state index contributed by atoms with van der Waals surface area (Å²) in [7, 11) is -10.5. The molecule has 16 nitrogen and oxygen atoms in total. The van der Waals surface area contributed by atoms with Gasteiger partial charge in [0.05, 0.1) is 32.1 Å². The standard InChI is InChI=1S/C43H45Cl3N4O12S3/c1-19-16-42(3,4)48-34-21(19)14-23-28(24-15-22-20(2)17-43(5,6)49-35(22)40(65(59,60)61)37(24)62-36(23)39(34)64(56,57)58)29-30(41(54)55)31(44)33(46)38(32(29)45)63-18-25(51)47-12-8-7-9-13-50-26(52)10-11-27(50)53/h10-11,14-15,19-20,48H,7-9,12-13,16-18H2,1-6H3,(H,47,51)(H,54,55)(H,56,57,58)(H,59,60,61)/p+1. The van der Waals surface area contributed by atoms with Gasteiger partial charge in [0.1, 0.15) is 0 Å². The van der Waals surface area contributed by atoms with Crippen molar-refractivity contribution >= 4 is 102 Å². The molecule has 3 aromatic carbocycles. The van der Waals surface area contributed by atoms with Crippen molar-refractivity contribution in [2.24, 2.45) is 0 Å². The molecule has 0 spiro atoms. The van der Waals surface area contributed by atoms with Crippen LogP contribution in [-0.4, -0.2) is 89.6 Å². The minimum Gasteiger partial charge on any atom is -0.478 e. The van der Waals surface area contributed by atoms with E-state index in [9.17, 15) is 50.2 Å². The van der Waals surface area contributed by atoms with Gasteiger partial charge in [-0.15, -0.1) is 11.8 Å². The molecule has 0 radical (unpaired) electrons. The Morgan fingerprint density at radius 3 is 2.14 bits per heavy atom. The first-order valence-corrected chi connectivity index (χ1v) is 25.5. The van der Waals surface area contributed by atoms with Gasteiger partial charge >= 0.3 is 16.1 Å². The molecule has 3 aromatic rings. The van der Waals surface area contributed by atoms with E-state index in [0.29, 0.717) is 43.2 Å². The van der Waals surface area contributed by atoms with E-state index in [1.54, 1.807) is 12.1 Å².